The summed E-state index contributed by atoms with van der Waals surface area (Å²) < 4.78 is 30.1. The fourth-order valence-corrected chi connectivity index (χ4v) is 4.22. The maximum Gasteiger partial charge on any atom is 0.511 e. The van der Waals surface area contributed by atoms with Gasteiger partial charge in [0.15, 0.2) is 0 Å². The molecular formula is C20H13ClN2O5S. The van der Waals surface area contributed by atoms with Gasteiger partial charge >= 0.3 is 6.16 Å². The summed E-state index contributed by atoms with van der Waals surface area (Å²) in [6.07, 6.45) is -1.41. The van der Waals surface area contributed by atoms with E-state index in [0.717, 1.165) is 0 Å². The first kappa shape index (κ1) is 19.0. The Morgan fingerprint density at radius 3 is 2.21 bits per heavy atom. The van der Waals surface area contributed by atoms with Gasteiger partial charge in [-0.1, -0.05) is 11.6 Å². The van der Waals surface area contributed by atoms with Crippen LogP contribution >= 0.6 is 11.6 Å². The van der Waals surface area contributed by atoms with Gasteiger partial charge in [-0.15, -0.1) is 0 Å². The van der Waals surface area contributed by atoms with Crippen LogP contribution in [0, 0.1) is 0 Å². The van der Waals surface area contributed by atoms with Gasteiger partial charge in [0, 0.05) is 16.7 Å². The largest absolute Gasteiger partial charge is 0.511 e. The van der Waals surface area contributed by atoms with Gasteiger partial charge in [-0.25, -0.2) is 18.2 Å². The number of halogens is 1. The summed E-state index contributed by atoms with van der Waals surface area (Å²) in [5, 5.41) is 9.16. The van der Waals surface area contributed by atoms with Crippen LogP contribution in [0.1, 0.15) is 0 Å². The van der Waals surface area contributed by atoms with Crippen molar-refractivity contribution in [2.75, 3.05) is 0 Å². The van der Waals surface area contributed by atoms with E-state index in [1.807, 2.05) is 0 Å². The van der Waals surface area contributed by atoms with Crippen molar-refractivity contribution in [1.82, 2.24) is 9.97 Å². The number of aromatic nitrogens is 2. The molecule has 0 aliphatic rings. The Bertz CT molecular complexity index is 1310. The molecule has 146 valence electrons. The van der Waals surface area contributed by atoms with Crippen molar-refractivity contribution in [2.24, 2.45) is 0 Å². The number of carbonyl (C=O) groups is 1. The molecule has 0 fully saturated rings. The normalized spacial score (nSPS) is 11.5. The van der Waals surface area contributed by atoms with Crippen LogP contribution in [0.4, 0.5) is 4.79 Å². The molecule has 0 amide bonds. The van der Waals surface area contributed by atoms with Crippen LogP contribution in [0.2, 0.25) is 5.02 Å². The molecule has 29 heavy (non-hydrogen) atoms. The minimum absolute atomic E-state index is 0.150. The summed E-state index contributed by atoms with van der Waals surface area (Å²) in [6.45, 7) is 0. The predicted molar refractivity (Wildman–Crippen MR) is 107 cm³/mol. The molecular weight excluding hydrogens is 416 g/mol. The fourth-order valence-electron chi connectivity index (χ4n) is 2.83. The number of sulfone groups is 1. The lowest BCUT2D eigenvalue weighted by atomic mass is 10.2. The van der Waals surface area contributed by atoms with Gasteiger partial charge in [0.25, 0.3) is 0 Å². The number of benzene rings is 3. The van der Waals surface area contributed by atoms with E-state index in [1.165, 1.54) is 48.5 Å². The number of aromatic amines is 1. The number of nitrogens with one attached hydrogen (secondary N) is 1. The molecule has 0 saturated carbocycles. The van der Waals surface area contributed by atoms with Gasteiger partial charge in [0.2, 0.25) is 9.84 Å². The number of rotatable bonds is 4. The van der Waals surface area contributed by atoms with E-state index in [2.05, 4.69) is 14.7 Å². The number of hydrogen-bond donors (Lipinski definition) is 2. The summed E-state index contributed by atoms with van der Waals surface area (Å²) in [6, 6.07) is 17.0. The molecule has 0 atom stereocenters. The van der Waals surface area contributed by atoms with E-state index in [-0.39, 0.29) is 15.5 Å². The first-order valence-corrected chi connectivity index (χ1v) is 10.2. The lowest BCUT2D eigenvalue weighted by Crippen LogP contribution is -2.02. The SMILES string of the molecule is O=C(O)Oc1ccc2[nH]c(-c3ccc(S(=O)(=O)c4ccc(Cl)cc4)cc3)nc2c1. The van der Waals surface area contributed by atoms with Gasteiger partial charge in [-0.2, -0.15) is 0 Å². The lowest BCUT2D eigenvalue weighted by Gasteiger charge is -2.05. The Morgan fingerprint density at radius 1 is 0.966 bits per heavy atom. The van der Waals surface area contributed by atoms with Gasteiger partial charge in [-0.05, 0) is 60.7 Å². The Hall–Kier alpha value is -3.36. The molecule has 0 radical (unpaired) electrons. The zero-order chi connectivity index (χ0) is 20.6. The number of carboxylic acid groups (broad SMARTS) is 1. The van der Waals surface area contributed by atoms with Crippen molar-refractivity contribution in [3.05, 3.63) is 71.8 Å². The molecule has 0 saturated heterocycles. The van der Waals surface area contributed by atoms with Crippen molar-refractivity contribution in [3.8, 4) is 17.1 Å². The molecule has 0 spiro atoms. The molecule has 0 bridgehead atoms. The average molecular weight is 429 g/mol. The molecule has 0 aliphatic heterocycles. The van der Waals surface area contributed by atoms with Gasteiger partial charge in [-0.3, -0.25) is 0 Å². The second-order valence-electron chi connectivity index (χ2n) is 6.11. The monoisotopic (exact) mass is 428 g/mol. The second kappa shape index (κ2) is 7.23. The van der Waals surface area contributed by atoms with Crippen molar-refractivity contribution in [3.63, 3.8) is 0 Å². The quantitative estimate of drug-likeness (QED) is 0.358. The maximum absolute atomic E-state index is 12.7. The number of imidazole rings is 1. The number of nitrogens with zero attached hydrogens (tertiary/aromatic N) is 1. The fraction of sp³-hybridized carbons (Fsp3) is 0. The molecule has 0 aliphatic carbocycles. The zero-order valence-electron chi connectivity index (χ0n) is 14.7. The van der Waals surface area contributed by atoms with Crippen LogP contribution < -0.4 is 4.74 Å². The molecule has 4 rings (SSSR count). The molecule has 1 heterocycles. The van der Waals surface area contributed by atoms with E-state index in [0.29, 0.717) is 27.4 Å². The summed E-state index contributed by atoms with van der Waals surface area (Å²) in [5.41, 5.74) is 1.89. The number of H-pyrrole nitrogens is 1. The highest BCUT2D eigenvalue weighted by Gasteiger charge is 2.18. The van der Waals surface area contributed by atoms with E-state index in [9.17, 15) is 13.2 Å². The highest BCUT2D eigenvalue weighted by atomic mass is 35.5. The van der Waals surface area contributed by atoms with Crippen LogP contribution in [0.25, 0.3) is 22.4 Å². The Morgan fingerprint density at radius 2 is 1.59 bits per heavy atom. The third kappa shape index (κ3) is 3.80. The van der Waals surface area contributed by atoms with Crippen LogP contribution in [0.3, 0.4) is 0 Å². The van der Waals surface area contributed by atoms with Crippen LogP contribution in [-0.4, -0.2) is 29.6 Å². The Kier molecular flexibility index (Phi) is 4.73. The van der Waals surface area contributed by atoms with Crippen LogP contribution in [0.5, 0.6) is 5.75 Å². The van der Waals surface area contributed by atoms with E-state index in [4.69, 9.17) is 16.7 Å². The first-order valence-electron chi connectivity index (χ1n) is 8.34. The second-order valence-corrected chi connectivity index (χ2v) is 8.50. The molecule has 1 aromatic heterocycles. The summed E-state index contributed by atoms with van der Waals surface area (Å²) in [5.74, 6) is 0.676. The number of ether oxygens (including phenoxy) is 1. The Labute approximate surface area is 170 Å². The van der Waals surface area contributed by atoms with Crippen molar-refractivity contribution >= 4 is 38.6 Å². The third-order valence-electron chi connectivity index (χ3n) is 4.22. The molecule has 3 aromatic carbocycles. The Balaban J connectivity index is 1.65. The van der Waals surface area contributed by atoms with Gasteiger partial charge in [0.05, 0.1) is 20.8 Å². The molecule has 0 unspecified atom stereocenters. The minimum Gasteiger partial charge on any atom is -0.449 e. The molecule has 7 nitrogen and oxygen atoms in total. The van der Waals surface area contributed by atoms with E-state index in [1.54, 1.807) is 18.2 Å². The van der Waals surface area contributed by atoms with Crippen LogP contribution in [-0.2, 0) is 9.84 Å². The van der Waals surface area contributed by atoms with Gasteiger partial charge < -0.3 is 14.8 Å². The number of hydrogen-bond acceptors (Lipinski definition) is 5. The third-order valence-corrected chi connectivity index (χ3v) is 6.26. The molecule has 2 N–H and O–H groups in total. The topological polar surface area (TPSA) is 109 Å². The van der Waals surface area contributed by atoms with E-state index < -0.39 is 16.0 Å². The molecule has 9 heteroatoms. The number of fused-ring (bicyclic) bond motifs is 1. The smallest absolute Gasteiger partial charge is 0.449 e. The minimum atomic E-state index is -3.66. The molecule has 4 aromatic rings. The summed E-state index contributed by atoms with van der Waals surface area (Å²) >= 11 is 5.82. The maximum atomic E-state index is 12.7. The highest BCUT2D eigenvalue weighted by Crippen LogP contribution is 2.27. The standard InChI is InChI=1S/C20H13ClN2O5S/c21-13-3-8-16(9-4-13)29(26,27)15-6-1-12(2-7-15)19-22-17-10-5-14(28-20(24)25)11-18(17)23-19/h1-11H,(H,22,23)(H,24,25). The zero-order valence-corrected chi connectivity index (χ0v) is 16.2. The van der Waals surface area contributed by atoms with Crippen molar-refractivity contribution in [2.45, 2.75) is 9.79 Å². The lowest BCUT2D eigenvalue weighted by molar-refractivity contribution is 0.144. The van der Waals surface area contributed by atoms with Crippen molar-refractivity contribution in [1.29, 1.82) is 0 Å². The average Bonchev–Trinajstić information content (AvgIpc) is 3.11. The summed E-state index contributed by atoms with van der Waals surface area (Å²) in [7, 11) is -3.66. The highest BCUT2D eigenvalue weighted by molar-refractivity contribution is 7.91. The predicted octanol–water partition coefficient (Wildman–Crippen LogP) is 4.77. The van der Waals surface area contributed by atoms with Crippen LogP contribution in [0.15, 0.2) is 76.5 Å². The van der Waals surface area contributed by atoms with E-state index >= 15 is 0 Å². The van der Waals surface area contributed by atoms with Gasteiger partial charge in [0.1, 0.15) is 11.6 Å². The summed E-state index contributed by atoms with van der Waals surface area (Å²) in [4.78, 5) is 18.5. The first-order chi connectivity index (χ1) is 13.8. The van der Waals surface area contributed by atoms with Crippen molar-refractivity contribution < 1.29 is 23.1 Å².